The summed E-state index contributed by atoms with van der Waals surface area (Å²) < 4.78 is 0. The van der Waals surface area contributed by atoms with E-state index in [1.165, 1.54) is 6.42 Å². The van der Waals surface area contributed by atoms with Crippen molar-refractivity contribution >= 4 is 11.6 Å². The smallest absolute Gasteiger partial charge is 0.267 e. The summed E-state index contributed by atoms with van der Waals surface area (Å²) in [7, 11) is 0. The van der Waals surface area contributed by atoms with E-state index in [0.717, 1.165) is 26.2 Å². The number of hydrogen-bond donors (Lipinski definition) is 3. The van der Waals surface area contributed by atoms with E-state index in [4.69, 9.17) is 5.73 Å². The van der Waals surface area contributed by atoms with E-state index in [9.17, 15) is 4.79 Å². The maximum absolute atomic E-state index is 11.8. The minimum atomic E-state index is -0.0725. The number of carbonyl (C=O) groups is 1. The number of H-pyrrole nitrogens is 1. The van der Waals surface area contributed by atoms with E-state index in [1.807, 2.05) is 0 Å². The predicted molar refractivity (Wildman–Crippen MR) is 67.8 cm³/mol. The SMILES string of the molecule is CCN1CCC(CNC(=O)c2cc(N)c[nH]2)C1. The van der Waals surface area contributed by atoms with Crippen LogP contribution in [0.25, 0.3) is 0 Å². The number of nitrogens with two attached hydrogens (primary N) is 1. The first-order valence-electron chi connectivity index (χ1n) is 6.13. The highest BCUT2D eigenvalue weighted by molar-refractivity contribution is 5.93. The molecule has 2 heterocycles. The average Bonchev–Trinajstić information content (AvgIpc) is 2.94. The molecule has 17 heavy (non-hydrogen) atoms. The first-order valence-corrected chi connectivity index (χ1v) is 6.13. The fourth-order valence-corrected chi connectivity index (χ4v) is 2.24. The third-order valence-electron chi connectivity index (χ3n) is 3.32. The third-order valence-corrected chi connectivity index (χ3v) is 3.32. The van der Waals surface area contributed by atoms with Gasteiger partial charge in [-0.3, -0.25) is 4.79 Å². The normalized spacial score (nSPS) is 20.6. The lowest BCUT2D eigenvalue weighted by molar-refractivity contribution is 0.0943. The van der Waals surface area contributed by atoms with E-state index < -0.39 is 0 Å². The summed E-state index contributed by atoms with van der Waals surface area (Å²) in [6.45, 7) is 6.24. The molecule has 0 radical (unpaired) electrons. The number of amides is 1. The summed E-state index contributed by atoms with van der Waals surface area (Å²) in [6, 6.07) is 1.66. The number of nitrogens with one attached hydrogen (secondary N) is 2. The number of anilines is 1. The van der Waals surface area contributed by atoms with Gasteiger partial charge >= 0.3 is 0 Å². The molecule has 1 amide bonds. The summed E-state index contributed by atoms with van der Waals surface area (Å²) >= 11 is 0. The van der Waals surface area contributed by atoms with Gasteiger partial charge in [-0.05, 0) is 31.5 Å². The molecule has 0 aliphatic carbocycles. The Bertz CT molecular complexity index is 388. The van der Waals surface area contributed by atoms with Gasteiger partial charge in [0.05, 0.1) is 0 Å². The molecule has 1 aromatic rings. The van der Waals surface area contributed by atoms with Gasteiger partial charge in [0.2, 0.25) is 0 Å². The second-order valence-electron chi connectivity index (χ2n) is 4.60. The van der Waals surface area contributed by atoms with Gasteiger partial charge in [0.15, 0.2) is 0 Å². The Kier molecular flexibility index (Phi) is 3.68. The van der Waals surface area contributed by atoms with Gasteiger partial charge in [-0.15, -0.1) is 0 Å². The Balaban J connectivity index is 1.77. The van der Waals surface area contributed by atoms with Gasteiger partial charge in [0, 0.05) is 25.0 Å². The zero-order valence-corrected chi connectivity index (χ0v) is 10.2. The molecule has 0 aromatic carbocycles. The molecule has 1 unspecified atom stereocenters. The lowest BCUT2D eigenvalue weighted by atomic mass is 10.1. The van der Waals surface area contributed by atoms with E-state index in [2.05, 4.69) is 22.1 Å². The Hall–Kier alpha value is -1.49. The van der Waals surface area contributed by atoms with Crippen LogP contribution in [-0.2, 0) is 0 Å². The maximum Gasteiger partial charge on any atom is 0.267 e. The Morgan fingerprint density at radius 2 is 2.53 bits per heavy atom. The van der Waals surface area contributed by atoms with Crippen LogP contribution in [0.5, 0.6) is 0 Å². The van der Waals surface area contributed by atoms with Crippen LogP contribution in [0, 0.1) is 5.92 Å². The monoisotopic (exact) mass is 236 g/mol. The van der Waals surface area contributed by atoms with Crippen LogP contribution in [0.2, 0.25) is 0 Å². The minimum absolute atomic E-state index is 0.0725. The number of hydrogen-bond acceptors (Lipinski definition) is 3. The number of nitrogen functional groups attached to an aromatic ring is 1. The lowest BCUT2D eigenvalue weighted by Gasteiger charge is -2.13. The van der Waals surface area contributed by atoms with Crippen LogP contribution in [0.4, 0.5) is 5.69 Å². The number of aromatic nitrogens is 1. The fourth-order valence-electron chi connectivity index (χ4n) is 2.24. The van der Waals surface area contributed by atoms with Crippen molar-refractivity contribution in [3.8, 4) is 0 Å². The van der Waals surface area contributed by atoms with Crippen LogP contribution >= 0.6 is 0 Å². The van der Waals surface area contributed by atoms with Crippen molar-refractivity contribution in [1.82, 2.24) is 15.2 Å². The first kappa shape index (κ1) is 12.0. The number of aromatic amines is 1. The predicted octanol–water partition coefficient (Wildman–Crippen LogP) is 0.669. The zero-order chi connectivity index (χ0) is 12.3. The van der Waals surface area contributed by atoms with Gasteiger partial charge in [-0.25, -0.2) is 0 Å². The molecule has 1 aliphatic rings. The van der Waals surface area contributed by atoms with Crippen molar-refractivity contribution in [3.05, 3.63) is 18.0 Å². The van der Waals surface area contributed by atoms with Crippen molar-refractivity contribution in [2.24, 2.45) is 5.92 Å². The molecule has 2 rings (SSSR count). The van der Waals surface area contributed by atoms with Gasteiger partial charge in [-0.2, -0.15) is 0 Å². The molecule has 4 N–H and O–H groups in total. The molecule has 0 spiro atoms. The lowest BCUT2D eigenvalue weighted by Crippen LogP contribution is -2.31. The van der Waals surface area contributed by atoms with E-state index in [0.29, 0.717) is 17.3 Å². The fraction of sp³-hybridized carbons (Fsp3) is 0.583. The van der Waals surface area contributed by atoms with Gasteiger partial charge < -0.3 is 20.9 Å². The van der Waals surface area contributed by atoms with Crippen molar-refractivity contribution in [1.29, 1.82) is 0 Å². The van der Waals surface area contributed by atoms with Crippen LogP contribution in [0.15, 0.2) is 12.3 Å². The molecule has 1 fully saturated rings. The highest BCUT2D eigenvalue weighted by Gasteiger charge is 2.21. The van der Waals surface area contributed by atoms with Gasteiger partial charge in [0.1, 0.15) is 5.69 Å². The molecule has 1 saturated heterocycles. The molecule has 0 bridgehead atoms. The van der Waals surface area contributed by atoms with Crippen molar-refractivity contribution in [2.45, 2.75) is 13.3 Å². The summed E-state index contributed by atoms with van der Waals surface area (Å²) in [5, 5.41) is 2.95. The summed E-state index contributed by atoms with van der Waals surface area (Å²) in [6.07, 6.45) is 2.80. The molecule has 1 atom stereocenters. The minimum Gasteiger partial charge on any atom is -0.397 e. The summed E-state index contributed by atoms with van der Waals surface area (Å²) in [4.78, 5) is 17.0. The topological polar surface area (TPSA) is 74.2 Å². The number of likely N-dealkylation sites (tertiary alicyclic amines) is 1. The van der Waals surface area contributed by atoms with E-state index in [1.54, 1.807) is 12.3 Å². The van der Waals surface area contributed by atoms with Crippen LogP contribution < -0.4 is 11.1 Å². The molecular weight excluding hydrogens is 216 g/mol. The number of carbonyl (C=O) groups excluding carboxylic acids is 1. The molecule has 5 heteroatoms. The molecule has 1 aliphatic heterocycles. The second-order valence-corrected chi connectivity index (χ2v) is 4.60. The number of nitrogens with zero attached hydrogens (tertiary/aromatic N) is 1. The van der Waals surface area contributed by atoms with Gasteiger partial charge in [-0.1, -0.05) is 6.92 Å². The zero-order valence-electron chi connectivity index (χ0n) is 10.2. The Labute approximate surface area is 101 Å². The Morgan fingerprint density at radius 3 is 3.12 bits per heavy atom. The quantitative estimate of drug-likeness (QED) is 0.719. The average molecular weight is 236 g/mol. The van der Waals surface area contributed by atoms with E-state index >= 15 is 0 Å². The largest absolute Gasteiger partial charge is 0.397 e. The van der Waals surface area contributed by atoms with Crippen LogP contribution in [0.3, 0.4) is 0 Å². The number of rotatable bonds is 4. The summed E-state index contributed by atoms with van der Waals surface area (Å²) in [5.41, 5.74) is 6.68. The highest BCUT2D eigenvalue weighted by atomic mass is 16.1. The molecule has 1 aromatic heterocycles. The molecule has 94 valence electrons. The van der Waals surface area contributed by atoms with Crippen LogP contribution in [0.1, 0.15) is 23.8 Å². The molecule has 0 saturated carbocycles. The van der Waals surface area contributed by atoms with E-state index in [-0.39, 0.29) is 5.91 Å². The van der Waals surface area contributed by atoms with Crippen molar-refractivity contribution < 1.29 is 4.79 Å². The Morgan fingerprint density at radius 1 is 1.71 bits per heavy atom. The molecule has 5 nitrogen and oxygen atoms in total. The van der Waals surface area contributed by atoms with Crippen LogP contribution in [-0.4, -0.2) is 42.0 Å². The highest BCUT2D eigenvalue weighted by Crippen LogP contribution is 2.14. The third kappa shape index (κ3) is 3.00. The summed E-state index contributed by atoms with van der Waals surface area (Å²) in [5.74, 6) is 0.503. The van der Waals surface area contributed by atoms with Gasteiger partial charge in [0.25, 0.3) is 5.91 Å². The second kappa shape index (κ2) is 5.23. The standard InChI is InChI=1S/C12H20N4O/c1-2-16-4-3-9(8-16)6-15-12(17)11-5-10(13)7-14-11/h5,7,9,14H,2-4,6,8,13H2,1H3,(H,15,17). The maximum atomic E-state index is 11.8. The van der Waals surface area contributed by atoms with Crippen molar-refractivity contribution in [2.75, 3.05) is 31.9 Å². The van der Waals surface area contributed by atoms with Crippen molar-refractivity contribution in [3.63, 3.8) is 0 Å². The first-order chi connectivity index (χ1) is 8.19. The molecular formula is C12H20N4O.